The number of carbonyl (C=O) groups excluding carboxylic acids is 1. The fourth-order valence-electron chi connectivity index (χ4n) is 4.00. The van der Waals surface area contributed by atoms with Crippen molar-refractivity contribution < 1.29 is 4.79 Å². The van der Waals surface area contributed by atoms with Crippen LogP contribution in [-0.2, 0) is 25.7 Å². The molecule has 0 fully saturated rings. The zero-order valence-electron chi connectivity index (χ0n) is 16.7. The molecular weight excluding hydrogens is 442 g/mol. The van der Waals surface area contributed by atoms with Crippen molar-refractivity contribution in [2.75, 3.05) is 6.54 Å². The number of nitrogens with one attached hydrogen (secondary N) is 2. The Labute approximate surface area is 184 Å². The predicted molar refractivity (Wildman–Crippen MR) is 121 cm³/mol. The first-order chi connectivity index (χ1) is 14.6. The Bertz CT molecular complexity index is 1120. The maximum Gasteiger partial charge on any atom is 0.267 e. The highest BCUT2D eigenvalue weighted by atomic mass is 79.9. The first-order valence-corrected chi connectivity index (χ1v) is 11.1. The standard InChI is InChI=1S/C24H24BrN3O2/c25-19-8-4-5-16(14-19)11-12-26-23(29)18-7-3-6-17(13-18)15-22-20-9-1-2-10-21(20)24(30)28-27-22/h3-8,13-14H,1-2,9-12,15H2,(H,26,29)(H,28,30). The lowest BCUT2D eigenvalue weighted by molar-refractivity contribution is 0.0954. The van der Waals surface area contributed by atoms with E-state index in [0.717, 1.165) is 59.0 Å². The number of H-pyrrole nitrogens is 1. The van der Waals surface area contributed by atoms with Crippen LogP contribution in [0, 0.1) is 0 Å². The lowest BCUT2D eigenvalue weighted by atomic mass is 9.90. The van der Waals surface area contributed by atoms with E-state index in [0.29, 0.717) is 18.5 Å². The van der Waals surface area contributed by atoms with Gasteiger partial charge < -0.3 is 5.32 Å². The van der Waals surface area contributed by atoms with Gasteiger partial charge in [-0.05, 0) is 73.1 Å². The summed E-state index contributed by atoms with van der Waals surface area (Å²) in [6.45, 7) is 0.578. The molecule has 0 radical (unpaired) electrons. The number of hydrogen-bond acceptors (Lipinski definition) is 3. The van der Waals surface area contributed by atoms with E-state index >= 15 is 0 Å². The molecule has 1 aliphatic rings. The van der Waals surface area contributed by atoms with Crippen LogP contribution in [0.4, 0.5) is 0 Å². The molecule has 0 spiro atoms. The van der Waals surface area contributed by atoms with Gasteiger partial charge in [0, 0.05) is 28.6 Å². The maximum absolute atomic E-state index is 12.6. The summed E-state index contributed by atoms with van der Waals surface area (Å²) < 4.78 is 1.04. The molecule has 154 valence electrons. The van der Waals surface area contributed by atoms with Crippen LogP contribution in [0.2, 0.25) is 0 Å². The summed E-state index contributed by atoms with van der Waals surface area (Å²) in [7, 11) is 0. The Morgan fingerprint density at radius 3 is 2.63 bits per heavy atom. The van der Waals surface area contributed by atoms with Crippen molar-refractivity contribution in [1.82, 2.24) is 15.5 Å². The van der Waals surface area contributed by atoms with Crippen LogP contribution in [0.15, 0.2) is 57.8 Å². The molecule has 0 saturated heterocycles. The summed E-state index contributed by atoms with van der Waals surface area (Å²) in [5.74, 6) is -0.0803. The fraction of sp³-hybridized carbons (Fsp3) is 0.292. The quantitative estimate of drug-likeness (QED) is 0.577. The van der Waals surface area contributed by atoms with Crippen molar-refractivity contribution in [3.05, 3.63) is 96.9 Å². The molecule has 2 N–H and O–H groups in total. The van der Waals surface area contributed by atoms with Crippen LogP contribution >= 0.6 is 15.9 Å². The third-order valence-corrected chi connectivity index (χ3v) is 6.02. The van der Waals surface area contributed by atoms with Gasteiger partial charge >= 0.3 is 0 Å². The van der Waals surface area contributed by atoms with Gasteiger partial charge in [0.25, 0.3) is 11.5 Å². The molecule has 2 aromatic carbocycles. The molecule has 1 amide bonds. The minimum absolute atomic E-state index is 0.0629. The molecule has 3 aromatic rings. The molecule has 0 saturated carbocycles. The van der Waals surface area contributed by atoms with Crippen LogP contribution in [0.5, 0.6) is 0 Å². The highest BCUT2D eigenvalue weighted by Gasteiger charge is 2.18. The molecule has 0 aliphatic heterocycles. The summed E-state index contributed by atoms with van der Waals surface area (Å²) in [5.41, 5.74) is 5.65. The van der Waals surface area contributed by atoms with Gasteiger partial charge in [0.05, 0.1) is 5.69 Å². The summed E-state index contributed by atoms with van der Waals surface area (Å²) in [6, 6.07) is 15.7. The second kappa shape index (κ2) is 9.39. The number of carbonyl (C=O) groups is 1. The normalized spacial score (nSPS) is 13.0. The number of hydrogen-bond donors (Lipinski definition) is 2. The Kier molecular flexibility index (Phi) is 6.43. The number of rotatable bonds is 6. The average Bonchev–Trinajstić information content (AvgIpc) is 2.76. The van der Waals surface area contributed by atoms with E-state index in [1.807, 2.05) is 36.4 Å². The van der Waals surface area contributed by atoms with Crippen molar-refractivity contribution in [3.8, 4) is 0 Å². The number of aromatic nitrogens is 2. The van der Waals surface area contributed by atoms with Crippen molar-refractivity contribution in [2.24, 2.45) is 0 Å². The summed E-state index contributed by atoms with van der Waals surface area (Å²) in [4.78, 5) is 24.7. The highest BCUT2D eigenvalue weighted by Crippen LogP contribution is 2.22. The van der Waals surface area contributed by atoms with Crippen molar-refractivity contribution in [3.63, 3.8) is 0 Å². The van der Waals surface area contributed by atoms with Gasteiger partial charge in [0.15, 0.2) is 0 Å². The van der Waals surface area contributed by atoms with Gasteiger partial charge in [0.1, 0.15) is 0 Å². The molecule has 1 aliphatic carbocycles. The van der Waals surface area contributed by atoms with Gasteiger partial charge in [0.2, 0.25) is 0 Å². The monoisotopic (exact) mass is 465 g/mol. The van der Waals surface area contributed by atoms with Gasteiger partial charge in [-0.15, -0.1) is 0 Å². The smallest absolute Gasteiger partial charge is 0.267 e. The minimum atomic E-state index is -0.0803. The summed E-state index contributed by atoms with van der Waals surface area (Å²) in [5, 5.41) is 9.95. The number of nitrogens with zero attached hydrogens (tertiary/aromatic N) is 1. The molecule has 5 nitrogen and oxygen atoms in total. The second-order valence-electron chi connectivity index (χ2n) is 7.68. The molecule has 30 heavy (non-hydrogen) atoms. The Balaban J connectivity index is 1.43. The zero-order valence-corrected chi connectivity index (χ0v) is 18.3. The SMILES string of the molecule is O=C(NCCc1cccc(Br)c1)c1cccc(Cc2n[nH]c(=O)c3c2CCCC3)c1. The van der Waals surface area contributed by atoms with E-state index in [9.17, 15) is 9.59 Å². The largest absolute Gasteiger partial charge is 0.352 e. The third kappa shape index (κ3) is 4.87. The molecule has 1 heterocycles. The lowest BCUT2D eigenvalue weighted by Gasteiger charge is -2.17. The topological polar surface area (TPSA) is 74.8 Å². The first kappa shape index (κ1) is 20.5. The van der Waals surface area contributed by atoms with E-state index in [-0.39, 0.29) is 11.5 Å². The fourth-order valence-corrected chi connectivity index (χ4v) is 4.45. The minimum Gasteiger partial charge on any atom is -0.352 e. The van der Waals surface area contributed by atoms with E-state index in [1.54, 1.807) is 0 Å². The molecule has 0 bridgehead atoms. The van der Waals surface area contributed by atoms with Crippen LogP contribution in [-0.4, -0.2) is 22.6 Å². The van der Waals surface area contributed by atoms with Crippen molar-refractivity contribution in [2.45, 2.75) is 38.5 Å². The van der Waals surface area contributed by atoms with Crippen LogP contribution in [0.3, 0.4) is 0 Å². The van der Waals surface area contributed by atoms with E-state index in [1.165, 1.54) is 5.56 Å². The number of halogens is 1. The molecule has 0 unspecified atom stereocenters. The van der Waals surface area contributed by atoms with E-state index in [2.05, 4.69) is 43.6 Å². The second-order valence-corrected chi connectivity index (χ2v) is 8.59. The number of fused-ring (bicyclic) bond motifs is 1. The molecule has 6 heteroatoms. The van der Waals surface area contributed by atoms with Crippen molar-refractivity contribution in [1.29, 1.82) is 0 Å². The summed E-state index contributed by atoms with van der Waals surface area (Å²) in [6.07, 6.45) is 5.25. The Morgan fingerprint density at radius 1 is 1.03 bits per heavy atom. The molecule has 4 rings (SSSR count). The van der Waals surface area contributed by atoms with Gasteiger partial charge in [-0.25, -0.2) is 5.10 Å². The Morgan fingerprint density at radius 2 is 1.80 bits per heavy atom. The van der Waals surface area contributed by atoms with Gasteiger partial charge in [-0.1, -0.05) is 40.2 Å². The summed E-state index contributed by atoms with van der Waals surface area (Å²) >= 11 is 3.47. The van der Waals surface area contributed by atoms with Gasteiger partial charge in [-0.3, -0.25) is 9.59 Å². The lowest BCUT2D eigenvalue weighted by Crippen LogP contribution is -2.26. The molecule has 1 aromatic heterocycles. The zero-order chi connectivity index (χ0) is 20.9. The third-order valence-electron chi connectivity index (χ3n) is 5.53. The van der Waals surface area contributed by atoms with E-state index in [4.69, 9.17) is 0 Å². The van der Waals surface area contributed by atoms with Crippen LogP contribution in [0.25, 0.3) is 0 Å². The number of aromatic amines is 1. The maximum atomic E-state index is 12.6. The number of amides is 1. The number of benzene rings is 2. The van der Waals surface area contributed by atoms with E-state index < -0.39 is 0 Å². The molecular formula is C24H24BrN3O2. The van der Waals surface area contributed by atoms with Gasteiger partial charge in [-0.2, -0.15) is 5.10 Å². The van der Waals surface area contributed by atoms with Crippen LogP contribution < -0.4 is 10.9 Å². The highest BCUT2D eigenvalue weighted by molar-refractivity contribution is 9.10. The Hall–Kier alpha value is -2.73. The van der Waals surface area contributed by atoms with Crippen molar-refractivity contribution >= 4 is 21.8 Å². The van der Waals surface area contributed by atoms with Crippen LogP contribution in [0.1, 0.15) is 51.1 Å². The molecule has 0 atom stereocenters. The predicted octanol–water partition coefficient (Wildman–Crippen LogP) is 3.97. The average molecular weight is 466 g/mol. The first-order valence-electron chi connectivity index (χ1n) is 10.3.